The normalized spacial score (nSPS) is 15.1. The van der Waals surface area contributed by atoms with E-state index in [1.807, 2.05) is 6.07 Å². The predicted molar refractivity (Wildman–Crippen MR) is 130 cm³/mol. The molecule has 1 saturated heterocycles. The molecule has 2 amide bonds. The van der Waals surface area contributed by atoms with Crippen LogP contribution in [-0.4, -0.2) is 36.2 Å². The van der Waals surface area contributed by atoms with Crippen LogP contribution >= 0.6 is 0 Å². The molecule has 0 unspecified atom stereocenters. The number of rotatable bonds is 6. The van der Waals surface area contributed by atoms with E-state index in [1.165, 1.54) is 11.0 Å². The fourth-order valence-electron chi connectivity index (χ4n) is 4.54. The maximum absolute atomic E-state index is 14.7. The Morgan fingerprint density at radius 3 is 2.35 bits per heavy atom. The van der Waals surface area contributed by atoms with Crippen LogP contribution in [0.3, 0.4) is 0 Å². The van der Waals surface area contributed by atoms with Crippen LogP contribution in [0.5, 0.6) is 0 Å². The molecule has 1 aromatic heterocycles. The van der Waals surface area contributed by atoms with Gasteiger partial charge in [0.25, 0.3) is 11.8 Å². The molecular weight excluding hydrogens is 488 g/mol. The maximum atomic E-state index is 14.7. The van der Waals surface area contributed by atoms with Crippen molar-refractivity contribution in [1.29, 1.82) is 0 Å². The predicted octanol–water partition coefficient (Wildman–Crippen LogP) is 6.16. The summed E-state index contributed by atoms with van der Waals surface area (Å²) in [6, 6.07) is 15.3. The van der Waals surface area contributed by atoms with Gasteiger partial charge in [0.15, 0.2) is 0 Å². The zero-order valence-electron chi connectivity index (χ0n) is 19.6. The number of nitrogens with zero attached hydrogens (tertiary/aromatic N) is 1. The third-order valence-corrected chi connectivity index (χ3v) is 6.50. The Labute approximate surface area is 209 Å². The van der Waals surface area contributed by atoms with Gasteiger partial charge in [-0.1, -0.05) is 12.1 Å². The number of furan rings is 1. The van der Waals surface area contributed by atoms with E-state index < -0.39 is 17.6 Å². The number of carbonyl (C=O) groups excluding carboxylic acids is 2. The minimum Gasteiger partial charge on any atom is -0.459 e. The molecule has 1 aliphatic rings. The summed E-state index contributed by atoms with van der Waals surface area (Å²) in [4.78, 5) is 24.9. The molecule has 1 N–H and O–H groups in total. The molecule has 0 spiro atoms. The second kappa shape index (κ2) is 9.72. The number of likely N-dealkylation sites (tertiary alicyclic amines) is 1. The second-order valence-electron chi connectivity index (χ2n) is 9.00. The fraction of sp³-hybridized carbons (Fsp3) is 0.214. The van der Waals surface area contributed by atoms with Gasteiger partial charge in [0, 0.05) is 54.1 Å². The Balaban J connectivity index is 1.51. The van der Waals surface area contributed by atoms with E-state index in [1.54, 1.807) is 36.4 Å². The number of nitrogens with one attached hydrogen (secondary N) is 1. The number of carbonyl (C=O) groups is 2. The highest BCUT2D eigenvalue weighted by atomic mass is 19.3. The topological polar surface area (TPSA) is 62.6 Å². The van der Waals surface area contributed by atoms with Crippen molar-refractivity contribution < 1.29 is 31.6 Å². The first-order valence-corrected chi connectivity index (χ1v) is 11.7. The van der Waals surface area contributed by atoms with Gasteiger partial charge >= 0.3 is 0 Å². The Hall–Kier alpha value is -4.14. The lowest BCUT2D eigenvalue weighted by atomic mass is 9.95. The van der Waals surface area contributed by atoms with Crippen LogP contribution < -0.4 is 5.32 Å². The average molecular weight is 510 g/mol. The van der Waals surface area contributed by atoms with Crippen LogP contribution in [0.2, 0.25) is 0 Å². The summed E-state index contributed by atoms with van der Waals surface area (Å²) in [6.45, 7) is 0.134. The van der Waals surface area contributed by atoms with Crippen molar-refractivity contribution in [3.63, 3.8) is 0 Å². The Bertz CT molecular complexity index is 1470. The molecule has 2 heterocycles. The molecule has 0 radical (unpaired) electrons. The maximum Gasteiger partial charge on any atom is 0.253 e. The van der Waals surface area contributed by atoms with E-state index in [0.717, 1.165) is 17.7 Å². The van der Waals surface area contributed by atoms with Gasteiger partial charge in [0.2, 0.25) is 6.41 Å². The van der Waals surface area contributed by atoms with Gasteiger partial charge in [-0.05, 0) is 53.6 Å². The summed E-state index contributed by atoms with van der Waals surface area (Å²) in [7, 11) is 0. The molecule has 5 rings (SSSR count). The molecule has 0 aliphatic carbocycles. The lowest BCUT2D eigenvalue weighted by Gasteiger charge is -2.31. The Morgan fingerprint density at radius 2 is 1.68 bits per heavy atom. The number of fused-ring (bicyclic) bond motifs is 1. The molecule has 4 aromatic rings. The van der Waals surface area contributed by atoms with Gasteiger partial charge < -0.3 is 14.6 Å². The summed E-state index contributed by atoms with van der Waals surface area (Å²) in [5.74, 6) is -4.06. The van der Waals surface area contributed by atoms with E-state index in [9.17, 15) is 27.2 Å². The van der Waals surface area contributed by atoms with Crippen molar-refractivity contribution in [2.24, 2.45) is 0 Å². The Morgan fingerprint density at radius 1 is 0.946 bits per heavy atom. The Kier molecular flexibility index (Phi) is 6.45. The van der Waals surface area contributed by atoms with E-state index in [2.05, 4.69) is 5.32 Å². The first-order valence-electron chi connectivity index (χ1n) is 11.7. The molecule has 1 aliphatic heterocycles. The highest BCUT2D eigenvalue weighted by Gasteiger charge is 2.35. The van der Waals surface area contributed by atoms with Gasteiger partial charge in [-0.15, -0.1) is 0 Å². The van der Waals surface area contributed by atoms with Crippen LogP contribution in [0.1, 0.15) is 29.0 Å². The largest absolute Gasteiger partial charge is 0.459 e. The van der Waals surface area contributed by atoms with E-state index >= 15 is 0 Å². The molecule has 37 heavy (non-hydrogen) atoms. The van der Waals surface area contributed by atoms with Crippen LogP contribution in [0.25, 0.3) is 33.2 Å². The number of hydrogen-bond donors (Lipinski definition) is 1. The number of benzene rings is 3. The number of halogens is 4. The average Bonchev–Trinajstić information content (AvgIpc) is 3.30. The van der Waals surface area contributed by atoms with Crippen molar-refractivity contribution in [1.82, 2.24) is 10.2 Å². The molecular formula is C28H22F4N2O3. The summed E-state index contributed by atoms with van der Waals surface area (Å²) >= 11 is 0. The zero-order valence-corrected chi connectivity index (χ0v) is 19.6. The van der Waals surface area contributed by atoms with Crippen LogP contribution in [0.15, 0.2) is 65.1 Å². The monoisotopic (exact) mass is 510 g/mol. The van der Waals surface area contributed by atoms with Gasteiger partial charge in [-0.3, -0.25) is 9.59 Å². The van der Waals surface area contributed by atoms with Crippen LogP contribution in [0, 0.1) is 11.6 Å². The third kappa shape index (κ3) is 5.07. The van der Waals surface area contributed by atoms with Crippen molar-refractivity contribution in [2.75, 3.05) is 13.1 Å². The molecule has 9 heteroatoms. The smallest absolute Gasteiger partial charge is 0.253 e. The van der Waals surface area contributed by atoms with Crippen LogP contribution in [0.4, 0.5) is 17.6 Å². The second-order valence-corrected chi connectivity index (χ2v) is 9.00. The van der Waals surface area contributed by atoms with Gasteiger partial charge in [-0.2, -0.15) is 0 Å². The lowest BCUT2D eigenvalue weighted by molar-refractivity contribution is -0.109. The minimum atomic E-state index is -2.74. The SMILES string of the molecule is O=CNCc1cc2cc(-c3ccc(C(=O)N4CCC(F)(F)CC4)cc3)cc(-c3ccc(F)cc3F)c2o1. The van der Waals surface area contributed by atoms with Crippen LogP contribution in [-0.2, 0) is 11.3 Å². The zero-order chi connectivity index (χ0) is 26.2. The number of piperidine rings is 1. The highest BCUT2D eigenvalue weighted by Crippen LogP contribution is 2.37. The molecule has 3 aromatic carbocycles. The molecule has 190 valence electrons. The van der Waals surface area contributed by atoms with Crippen molar-refractivity contribution in [3.8, 4) is 22.3 Å². The summed E-state index contributed by atoms with van der Waals surface area (Å²) in [5, 5.41) is 3.17. The van der Waals surface area contributed by atoms with E-state index in [-0.39, 0.29) is 43.9 Å². The van der Waals surface area contributed by atoms with E-state index in [4.69, 9.17) is 4.42 Å². The molecule has 0 atom stereocenters. The highest BCUT2D eigenvalue weighted by molar-refractivity contribution is 5.98. The molecule has 0 saturated carbocycles. The first-order chi connectivity index (χ1) is 17.7. The fourth-order valence-corrected chi connectivity index (χ4v) is 4.54. The standard InChI is InChI=1S/C28H22F4N2O3/c29-21-5-6-23(25(30)14-21)24-13-19(11-20-12-22(15-33-16-35)37-26(20)24)17-1-3-18(4-2-17)27(36)34-9-7-28(31,32)8-10-34/h1-6,11-14,16H,7-10,15H2,(H,33,35). The number of amides is 2. The number of hydrogen-bond acceptors (Lipinski definition) is 3. The van der Waals surface area contributed by atoms with Gasteiger partial charge in [0.1, 0.15) is 23.0 Å². The summed E-state index contributed by atoms with van der Waals surface area (Å²) < 4.78 is 61.1. The van der Waals surface area contributed by atoms with Crippen molar-refractivity contribution >= 4 is 23.3 Å². The quantitative estimate of drug-likeness (QED) is 0.250. The molecule has 1 fully saturated rings. The lowest BCUT2D eigenvalue weighted by Crippen LogP contribution is -2.42. The van der Waals surface area contributed by atoms with Crippen molar-refractivity contribution in [2.45, 2.75) is 25.3 Å². The number of alkyl halides is 2. The van der Waals surface area contributed by atoms with Crippen molar-refractivity contribution in [3.05, 3.63) is 83.6 Å². The summed E-state index contributed by atoms with van der Waals surface area (Å²) in [6.07, 6.45) is -0.166. The minimum absolute atomic E-state index is 0.00136. The third-order valence-electron chi connectivity index (χ3n) is 6.50. The molecule has 5 nitrogen and oxygen atoms in total. The van der Waals surface area contributed by atoms with Gasteiger partial charge in [-0.25, -0.2) is 17.6 Å². The van der Waals surface area contributed by atoms with E-state index in [0.29, 0.717) is 39.8 Å². The first kappa shape index (κ1) is 24.5. The molecule has 0 bridgehead atoms. The van der Waals surface area contributed by atoms with Gasteiger partial charge in [0.05, 0.1) is 6.54 Å². The summed E-state index contributed by atoms with van der Waals surface area (Å²) in [5.41, 5.74) is 2.72.